The molecule has 4 rings (SSSR count). The van der Waals surface area contributed by atoms with E-state index in [0.717, 1.165) is 49.3 Å². The van der Waals surface area contributed by atoms with Crippen LogP contribution in [-0.4, -0.2) is 39.6 Å². The molecule has 146 valence electrons. The van der Waals surface area contributed by atoms with Gasteiger partial charge in [-0.3, -0.25) is 4.79 Å². The summed E-state index contributed by atoms with van der Waals surface area (Å²) < 4.78 is 6.67. The average molecular weight is 380 g/mol. The van der Waals surface area contributed by atoms with Crippen LogP contribution in [0.25, 0.3) is 11.5 Å². The molecule has 1 aromatic carbocycles. The number of rotatable bonds is 5. The smallest absolute Gasteiger partial charge is 0.269 e. The van der Waals surface area contributed by atoms with Crippen molar-refractivity contribution < 1.29 is 4.52 Å². The van der Waals surface area contributed by atoms with Crippen molar-refractivity contribution in [2.24, 2.45) is 11.7 Å². The molecule has 3 aromatic rings. The van der Waals surface area contributed by atoms with Gasteiger partial charge in [0.05, 0.1) is 11.9 Å². The van der Waals surface area contributed by atoms with E-state index in [9.17, 15) is 4.79 Å². The number of aryl methyl sites for hydroxylation is 1. The first kappa shape index (κ1) is 18.4. The topological polar surface area (TPSA) is 103 Å². The Hall–Kier alpha value is -3.00. The second kappa shape index (κ2) is 7.93. The molecule has 3 heterocycles. The minimum Gasteiger partial charge on any atom is -0.370 e. The Morgan fingerprint density at radius 2 is 1.96 bits per heavy atom. The Morgan fingerprint density at radius 1 is 1.21 bits per heavy atom. The van der Waals surface area contributed by atoms with Gasteiger partial charge in [-0.25, -0.2) is 4.68 Å². The van der Waals surface area contributed by atoms with Gasteiger partial charge in [0.1, 0.15) is 6.54 Å². The van der Waals surface area contributed by atoms with Crippen molar-refractivity contribution in [2.45, 2.75) is 26.3 Å². The number of nitrogens with two attached hydrogens (primary N) is 1. The van der Waals surface area contributed by atoms with E-state index in [-0.39, 0.29) is 12.1 Å². The van der Waals surface area contributed by atoms with Crippen molar-refractivity contribution in [3.05, 3.63) is 58.3 Å². The largest absolute Gasteiger partial charge is 0.370 e. The third-order valence-corrected chi connectivity index (χ3v) is 5.23. The van der Waals surface area contributed by atoms with Crippen molar-refractivity contribution in [3.63, 3.8) is 0 Å². The van der Waals surface area contributed by atoms with Crippen molar-refractivity contribution in [3.8, 4) is 11.5 Å². The van der Waals surface area contributed by atoms with Crippen LogP contribution in [0.3, 0.4) is 0 Å². The summed E-state index contributed by atoms with van der Waals surface area (Å²) in [6.45, 7) is 4.72. The number of anilines is 1. The van der Waals surface area contributed by atoms with Gasteiger partial charge < -0.3 is 15.2 Å². The Labute approximate surface area is 163 Å². The van der Waals surface area contributed by atoms with E-state index in [1.807, 2.05) is 31.2 Å². The summed E-state index contributed by atoms with van der Waals surface area (Å²) in [6.07, 6.45) is 3.82. The molecule has 1 saturated heterocycles. The van der Waals surface area contributed by atoms with Crippen LogP contribution < -0.4 is 16.2 Å². The molecule has 0 amide bonds. The molecule has 0 bridgehead atoms. The first-order chi connectivity index (χ1) is 13.6. The van der Waals surface area contributed by atoms with Gasteiger partial charge in [0.25, 0.3) is 11.4 Å². The minimum absolute atomic E-state index is 0.170. The van der Waals surface area contributed by atoms with Gasteiger partial charge in [-0.1, -0.05) is 22.9 Å². The van der Waals surface area contributed by atoms with Crippen LogP contribution in [0.5, 0.6) is 0 Å². The number of benzene rings is 1. The van der Waals surface area contributed by atoms with Crippen molar-refractivity contribution in [1.82, 2.24) is 19.9 Å². The third-order valence-electron chi connectivity index (χ3n) is 5.23. The van der Waals surface area contributed by atoms with Gasteiger partial charge in [-0.2, -0.15) is 10.1 Å². The zero-order valence-electron chi connectivity index (χ0n) is 15.9. The molecule has 0 atom stereocenters. The van der Waals surface area contributed by atoms with E-state index in [2.05, 4.69) is 20.1 Å². The highest BCUT2D eigenvalue weighted by Crippen LogP contribution is 2.21. The molecule has 0 radical (unpaired) electrons. The molecular weight excluding hydrogens is 356 g/mol. The summed E-state index contributed by atoms with van der Waals surface area (Å²) in [4.78, 5) is 19.1. The fourth-order valence-corrected chi connectivity index (χ4v) is 3.41. The van der Waals surface area contributed by atoms with Crippen LogP contribution in [0, 0.1) is 12.8 Å². The highest BCUT2D eigenvalue weighted by Gasteiger charge is 2.19. The molecule has 0 unspecified atom stereocenters. The predicted molar refractivity (Wildman–Crippen MR) is 106 cm³/mol. The van der Waals surface area contributed by atoms with Gasteiger partial charge in [0, 0.05) is 24.7 Å². The molecule has 2 N–H and O–H groups in total. The Balaban J connectivity index is 1.46. The van der Waals surface area contributed by atoms with Crippen LogP contribution in [0.1, 0.15) is 24.2 Å². The van der Waals surface area contributed by atoms with E-state index < -0.39 is 0 Å². The normalized spacial score (nSPS) is 15.1. The quantitative estimate of drug-likeness (QED) is 0.720. The molecule has 2 aromatic heterocycles. The number of nitrogens with zero attached hydrogens (tertiary/aromatic N) is 5. The Kier molecular flexibility index (Phi) is 5.21. The summed E-state index contributed by atoms with van der Waals surface area (Å²) in [5.41, 5.74) is 8.42. The lowest BCUT2D eigenvalue weighted by Gasteiger charge is -2.32. The van der Waals surface area contributed by atoms with Crippen molar-refractivity contribution >= 4 is 5.69 Å². The molecule has 1 aliphatic rings. The highest BCUT2D eigenvalue weighted by atomic mass is 16.5. The van der Waals surface area contributed by atoms with Crippen LogP contribution in [0.4, 0.5) is 5.69 Å². The first-order valence-electron chi connectivity index (χ1n) is 9.54. The molecule has 1 fully saturated rings. The fourth-order valence-electron chi connectivity index (χ4n) is 3.41. The number of aromatic nitrogens is 4. The number of piperidine rings is 1. The molecule has 28 heavy (non-hydrogen) atoms. The summed E-state index contributed by atoms with van der Waals surface area (Å²) in [6, 6.07) is 9.46. The third kappa shape index (κ3) is 3.96. The summed E-state index contributed by atoms with van der Waals surface area (Å²) in [5, 5.41) is 8.27. The lowest BCUT2D eigenvalue weighted by Crippen LogP contribution is -2.37. The summed E-state index contributed by atoms with van der Waals surface area (Å²) in [5.74, 6) is 1.43. The SMILES string of the molecule is Cc1ccc(-c2nc(Cn3ncc(N4CCC(CN)CC4)cc3=O)no2)cc1. The van der Waals surface area contributed by atoms with E-state index in [4.69, 9.17) is 10.3 Å². The zero-order chi connectivity index (χ0) is 19.5. The van der Waals surface area contributed by atoms with E-state index in [0.29, 0.717) is 17.6 Å². The van der Waals surface area contributed by atoms with E-state index in [1.165, 1.54) is 4.68 Å². The summed E-state index contributed by atoms with van der Waals surface area (Å²) >= 11 is 0. The maximum absolute atomic E-state index is 12.5. The van der Waals surface area contributed by atoms with Gasteiger partial charge >= 0.3 is 0 Å². The van der Waals surface area contributed by atoms with Gasteiger partial charge in [-0.15, -0.1) is 0 Å². The monoisotopic (exact) mass is 380 g/mol. The maximum Gasteiger partial charge on any atom is 0.269 e. The van der Waals surface area contributed by atoms with Gasteiger partial charge in [-0.05, 0) is 44.4 Å². The van der Waals surface area contributed by atoms with Crippen LogP contribution in [0.2, 0.25) is 0 Å². The molecule has 1 aliphatic heterocycles. The lowest BCUT2D eigenvalue weighted by atomic mass is 9.97. The second-order valence-corrected chi connectivity index (χ2v) is 7.26. The van der Waals surface area contributed by atoms with Gasteiger partial charge in [0.2, 0.25) is 0 Å². The highest BCUT2D eigenvalue weighted by molar-refractivity contribution is 5.53. The molecule has 0 aliphatic carbocycles. The fraction of sp³-hybridized carbons (Fsp3) is 0.400. The lowest BCUT2D eigenvalue weighted by molar-refractivity contribution is 0.413. The molecule has 0 saturated carbocycles. The van der Waals surface area contributed by atoms with Crippen LogP contribution in [0.15, 0.2) is 45.8 Å². The van der Waals surface area contributed by atoms with Gasteiger partial charge in [0.15, 0.2) is 5.82 Å². The standard InChI is InChI=1S/C20H24N6O2/c1-14-2-4-16(5-3-14)20-23-18(24-28-20)13-26-19(27)10-17(12-22-26)25-8-6-15(11-21)7-9-25/h2-5,10,12,15H,6-9,11,13,21H2,1H3. The average Bonchev–Trinajstić information content (AvgIpc) is 3.19. The molecule has 0 spiro atoms. The molecular formula is C20H24N6O2. The molecule has 8 heteroatoms. The first-order valence-corrected chi connectivity index (χ1v) is 9.54. The Morgan fingerprint density at radius 3 is 2.64 bits per heavy atom. The van der Waals surface area contributed by atoms with E-state index in [1.54, 1.807) is 12.3 Å². The number of hydrogen-bond acceptors (Lipinski definition) is 7. The zero-order valence-corrected chi connectivity index (χ0v) is 15.9. The van der Waals surface area contributed by atoms with E-state index >= 15 is 0 Å². The number of hydrogen-bond donors (Lipinski definition) is 1. The van der Waals surface area contributed by atoms with Crippen molar-refractivity contribution in [1.29, 1.82) is 0 Å². The summed E-state index contributed by atoms with van der Waals surface area (Å²) in [7, 11) is 0. The minimum atomic E-state index is -0.180. The second-order valence-electron chi connectivity index (χ2n) is 7.26. The van der Waals surface area contributed by atoms with Crippen molar-refractivity contribution in [2.75, 3.05) is 24.5 Å². The molecule has 8 nitrogen and oxygen atoms in total. The Bertz CT molecular complexity index is 986. The maximum atomic E-state index is 12.5. The van der Waals surface area contributed by atoms with Crippen LogP contribution >= 0.6 is 0 Å². The predicted octanol–water partition coefficient (Wildman–Crippen LogP) is 1.83. The van der Waals surface area contributed by atoms with Crippen LogP contribution in [-0.2, 0) is 6.54 Å².